The van der Waals surface area contributed by atoms with Gasteiger partial charge in [0.1, 0.15) is 5.76 Å². The van der Waals surface area contributed by atoms with Crippen molar-refractivity contribution in [1.82, 2.24) is 4.98 Å². The average molecular weight is 261 g/mol. The van der Waals surface area contributed by atoms with Crippen LogP contribution in [0.3, 0.4) is 0 Å². The summed E-state index contributed by atoms with van der Waals surface area (Å²) in [6.07, 6.45) is 0.495. The van der Waals surface area contributed by atoms with E-state index in [9.17, 15) is 4.79 Å². The maximum Gasteiger partial charge on any atom is 0.256 e. The van der Waals surface area contributed by atoms with Gasteiger partial charge >= 0.3 is 0 Å². The first-order valence-corrected chi connectivity index (χ1v) is 6.80. The molecular weight excluding hydrogens is 246 g/mol. The quantitative estimate of drug-likeness (QED) is 0.608. The van der Waals surface area contributed by atoms with Crippen molar-refractivity contribution < 1.29 is 9.21 Å². The number of nitrogens with zero attached hydrogens (tertiary/aromatic N) is 1. The summed E-state index contributed by atoms with van der Waals surface area (Å²) in [6, 6.07) is 9.34. The molecule has 0 saturated heterocycles. The van der Waals surface area contributed by atoms with Gasteiger partial charge in [-0.3, -0.25) is 4.79 Å². The first-order chi connectivity index (χ1) is 8.66. The van der Waals surface area contributed by atoms with Gasteiger partial charge in [0.05, 0.1) is 5.69 Å². The average Bonchev–Trinajstić information content (AvgIpc) is 2.69. The van der Waals surface area contributed by atoms with E-state index in [1.165, 1.54) is 11.8 Å². The van der Waals surface area contributed by atoms with Gasteiger partial charge < -0.3 is 4.42 Å². The summed E-state index contributed by atoms with van der Waals surface area (Å²) in [4.78, 5) is 16.1. The third-order valence-electron chi connectivity index (χ3n) is 2.66. The number of Topliss-reactive ketones (excluding diaryl/α,β-unsaturated/α-hetero) is 1. The predicted octanol–water partition coefficient (Wildman–Crippen LogP) is 3.66. The van der Waals surface area contributed by atoms with Crippen molar-refractivity contribution in [1.29, 1.82) is 0 Å². The number of hydrogen-bond donors (Lipinski definition) is 0. The Kier molecular flexibility index (Phi) is 4.20. The largest absolute Gasteiger partial charge is 0.437 e. The van der Waals surface area contributed by atoms with Gasteiger partial charge in [-0.05, 0) is 13.8 Å². The van der Waals surface area contributed by atoms with Crippen LogP contribution in [0.4, 0.5) is 0 Å². The molecule has 0 aliphatic rings. The number of benzene rings is 1. The molecule has 0 N–H and O–H groups in total. The van der Waals surface area contributed by atoms with Gasteiger partial charge in [0.25, 0.3) is 5.22 Å². The highest BCUT2D eigenvalue weighted by Gasteiger charge is 2.08. The van der Waals surface area contributed by atoms with E-state index in [1.54, 1.807) is 0 Å². The van der Waals surface area contributed by atoms with Crippen molar-refractivity contribution in [2.45, 2.75) is 25.5 Å². The SMILES string of the molecule is Cc1nc(SCCC(=O)c2ccccc2)oc1C. The fraction of sp³-hybridized carbons (Fsp3) is 0.286. The highest BCUT2D eigenvalue weighted by molar-refractivity contribution is 7.99. The van der Waals surface area contributed by atoms with Crippen molar-refractivity contribution >= 4 is 17.5 Å². The standard InChI is InChI=1S/C14H15NO2S/c1-10-11(2)17-14(15-10)18-9-8-13(16)12-6-4-3-5-7-12/h3-7H,8-9H2,1-2H3. The summed E-state index contributed by atoms with van der Waals surface area (Å²) >= 11 is 1.48. The number of hydrogen-bond acceptors (Lipinski definition) is 4. The highest BCUT2D eigenvalue weighted by Crippen LogP contribution is 2.21. The Morgan fingerprint density at radius 2 is 2.00 bits per heavy atom. The topological polar surface area (TPSA) is 43.1 Å². The van der Waals surface area contributed by atoms with Gasteiger partial charge in [-0.25, -0.2) is 4.98 Å². The van der Waals surface area contributed by atoms with Crippen LogP contribution in [0.1, 0.15) is 28.2 Å². The molecule has 2 aromatic rings. The smallest absolute Gasteiger partial charge is 0.256 e. The lowest BCUT2D eigenvalue weighted by Gasteiger charge is -1.99. The molecule has 94 valence electrons. The molecule has 18 heavy (non-hydrogen) atoms. The number of carbonyl (C=O) groups excluding carboxylic acids is 1. The zero-order valence-electron chi connectivity index (χ0n) is 10.5. The highest BCUT2D eigenvalue weighted by atomic mass is 32.2. The molecule has 2 rings (SSSR count). The van der Waals surface area contributed by atoms with E-state index in [1.807, 2.05) is 44.2 Å². The Bertz CT molecular complexity index is 514. The molecule has 1 aromatic heterocycles. The first-order valence-electron chi connectivity index (χ1n) is 5.82. The van der Waals surface area contributed by atoms with Crippen LogP contribution >= 0.6 is 11.8 Å². The predicted molar refractivity (Wildman–Crippen MR) is 72.1 cm³/mol. The second-order valence-corrected chi connectivity index (χ2v) is 5.06. The normalized spacial score (nSPS) is 10.6. The molecule has 0 aliphatic heterocycles. The maximum absolute atomic E-state index is 11.8. The number of aryl methyl sites for hydroxylation is 2. The van der Waals surface area contributed by atoms with Gasteiger partial charge in [0, 0.05) is 17.7 Å². The van der Waals surface area contributed by atoms with Gasteiger partial charge in [-0.15, -0.1) is 0 Å². The molecule has 3 nitrogen and oxygen atoms in total. The minimum Gasteiger partial charge on any atom is -0.437 e. The number of rotatable bonds is 5. The lowest BCUT2D eigenvalue weighted by Crippen LogP contribution is -1.99. The minimum absolute atomic E-state index is 0.156. The molecule has 0 saturated carbocycles. The molecule has 4 heteroatoms. The minimum atomic E-state index is 0.156. The zero-order valence-corrected chi connectivity index (χ0v) is 11.3. The van der Waals surface area contributed by atoms with E-state index in [4.69, 9.17) is 4.42 Å². The van der Waals surface area contributed by atoms with E-state index >= 15 is 0 Å². The molecule has 0 atom stereocenters. The fourth-order valence-corrected chi connectivity index (χ4v) is 2.35. The van der Waals surface area contributed by atoms with E-state index in [-0.39, 0.29) is 5.78 Å². The third kappa shape index (κ3) is 3.23. The third-order valence-corrected chi connectivity index (χ3v) is 3.49. The molecule has 0 unspecified atom stereocenters. The van der Waals surface area contributed by atoms with Crippen LogP contribution in [0.25, 0.3) is 0 Å². The lowest BCUT2D eigenvalue weighted by atomic mass is 10.1. The van der Waals surface area contributed by atoms with Gasteiger partial charge in [0.15, 0.2) is 5.78 Å². The summed E-state index contributed by atoms with van der Waals surface area (Å²) in [5.41, 5.74) is 1.67. The molecule has 1 heterocycles. The van der Waals surface area contributed by atoms with Crippen LogP contribution in [0.5, 0.6) is 0 Å². The van der Waals surface area contributed by atoms with Crippen LogP contribution < -0.4 is 0 Å². The maximum atomic E-state index is 11.8. The molecule has 0 fully saturated rings. The lowest BCUT2D eigenvalue weighted by molar-refractivity contribution is 0.0989. The van der Waals surface area contributed by atoms with Gasteiger partial charge in [0.2, 0.25) is 0 Å². The number of carbonyl (C=O) groups is 1. The van der Waals surface area contributed by atoms with Crippen molar-refractivity contribution in [3.8, 4) is 0 Å². The van der Waals surface area contributed by atoms with Crippen LogP contribution in [0.2, 0.25) is 0 Å². The number of ketones is 1. The fourth-order valence-electron chi connectivity index (χ4n) is 1.50. The Hall–Kier alpha value is -1.55. The van der Waals surface area contributed by atoms with E-state index in [0.717, 1.165) is 17.0 Å². The number of thioether (sulfide) groups is 1. The number of aromatic nitrogens is 1. The van der Waals surface area contributed by atoms with E-state index in [2.05, 4.69) is 4.98 Å². The summed E-state index contributed by atoms with van der Waals surface area (Å²) in [5, 5.41) is 0.644. The monoisotopic (exact) mass is 261 g/mol. The molecular formula is C14H15NO2S. The van der Waals surface area contributed by atoms with Gasteiger partial charge in [-0.2, -0.15) is 0 Å². The van der Waals surface area contributed by atoms with E-state index < -0.39 is 0 Å². The van der Waals surface area contributed by atoms with Crippen molar-refractivity contribution in [3.63, 3.8) is 0 Å². The van der Waals surface area contributed by atoms with Crippen molar-refractivity contribution in [2.24, 2.45) is 0 Å². The van der Waals surface area contributed by atoms with Crippen LogP contribution in [-0.4, -0.2) is 16.5 Å². The summed E-state index contributed by atoms with van der Waals surface area (Å²) in [7, 11) is 0. The summed E-state index contributed by atoms with van der Waals surface area (Å²) in [5.74, 6) is 1.68. The van der Waals surface area contributed by atoms with E-state index in [0.29, 0.717) is 17.4 Å². The summed E-state index contributed by atoms with van der Waals surface area (Å²) in [6.45, 7) is 3.81. The molecule has 1 aromatic carbocycles. The Labute approximate surface area is 111 Å². The molecule has 0 aliphatic carbocycles. The van der Waals surface area contributed by atoms with Crippen molar-refractivity contribution in [2.75, 3.05) is 5.75 Å². The molecule has 0 amide bonds. The molecule has 0 bridgehead atoms. The second kappa shape index (κ2) is 5.87. The Morgan fingerprint density at radius 3 is 2.61 bits per heavy atom. The number of oxazole rings is 1. The molecule has 0 spiro atoms. The van der Waals surface area contributed by atoms with Crippen LogP contribution in [0.15, 0.2) is 40.0 Å². The second-order valence-electron chi connectivity index (χ2n) is 4.01. The van der Waals surface area contributed by atoms with Crippen molar-refractivity contribution in [3.05, 3.63) is 47.3 Å². The zero-order chi connectivity index (χ0) is 13.0. The molecule has 0 radical (unpaired) electrons. The Balaban J connectivity index is 1.84. The first kappa shape index (κ1) is 12.9. The van der Waals surface area contributed by atoms with Crippen LogP contribution in [-0.2, 0) is 0 Å². The Morgan fingerprint density at radius 1 is 1.28 bits per heavy atom. The summed E-state index contributed by atoms with van der Waals surface area (Å²) < 4.78 is 5.44. The van der Waals surface area contributed by atoms with Gasteiger partial charge in [-0.1, -0.05) is 42.1 Å². The van der Waals surface area contributed by atoms with Crippen LogP contribution in [0, 0.1) is 13.8 Å².